The molecule has 0 N–H and O–H groups in total. The van der Waals surface area contributed by atoms with Gasteiger partial charge in [0.2, 0.25) is 0 Å². The predicted molar refractivity (Wildman–Crippen MR) is 56.8 cm³/mol. The third-order valence-electron chi connectivity index (χ3n) is 2.34. The van der Waals surface area contributed by atoms with Crippen LogP contribution in [0.25, 0.3) is 0 Å². The largest absolute Gasteiger partial charge is 0.573 e. The van der Waals surface area contributed by atoms with Crippen LogP contribution in [0.5, 0.6) is 5.75 Å². The highest BCUT2D eigenvalue weighted by atomic mass is 35.5. The average molecular weight is 253 g/mol. The molecule has 5 heteroatoms. The molecule has 90 valence electrons. The van der Waals surface area contributed by atoms with E-state index in [9.17, 15) is 13.2 Å². The molecule has 0 fully saturated rings. The summed E-state index contributed by atoms with van der Waals surface area (Å²) in [5, 5.41) is 0.462. The maximum atomic E-state index is 12.0. The topological polar surface area (TPSA) is 9.23 Å². The van der Waals surface area contributed by atoms with Gasteiger partial charge < -0.3 is 4.74 Å². The van der Waals surface area contributed by atoms with E-state index in [2.05, 4.69) is 4.74 Å². The molecule has 0 heterocycles. The van der Waals surface area contributed by atoms with Crippen molar-refractivity contribution in [3.63, 3.8) is 0 Å². The molecule has 0 bridgehead atoms. The highest BCUT2D eigenvalue weighted by Gasteiger charge is 2.31. The SMILES string of the molecule is CCC(C)c1cc(OC(F)(F)F)ccc1Cl. The second kappa shape index (κ2) is 4.95. The van der Waals surface area contributed by atoms with Gasteiger partial charge in [0.25, 0.3) is 0 Å². The number of alkyl halides is 3. The minimum atomic E-state index is -4.67. The zero-order valence-corrected chi connectivity index (χ0v) is 9.69. The number of hydrogen-bond donors (Lipinski definition) is 0. The van der Waals surface area contributed by atoms with E-state index in [1.807, 2.05) is 13.8 Å². The Labute approximate surface area is 97.2 Å². The lowest BCUT2D eigenvalue weighted by Crippen LogP contribution is -2.17. The second-order valence-electron chi connectivity index (χ2n) is 3.54. The Morgan fingerprint density at radius 3 is 2.50 bits per heavy atom. The van der Waals surface area contributed by atoms with Crippen molar-refractivity contribution in [2.45, 2.75) is 32.5 Å². The molecule has 0 saturated heterocycles. The number of benzene rings is 1. The van der Waals surface area contributed by atoms with Crippen molar-refractivity contribution in [3.8, 4) is 5.75 Å². The Morgan fingerprint density at radius 1 is 1.38 bits per heavy atom. The van der Waals surface area contributed by atoms with Gasteiger partial charge in [0, 0.05) is 5.02 Å². The Kier molecular flexibility index (Phi) is 4.08. The van der Waals surface area contributed by atoms with Crippen LogP contribution in [0.3, 0.4) is 0 Å². The molecule has 1 atom stereocenters. The van der Waals surface area contributed by atoms with Gasteiger partial charge in [-0.15, -0.1) is 13.2 Å². The quantitative estimate of drug-likeness (QED) is 0.754. The summed E-state index contributed by atoms with van der Waals surface area (Å²) in [6, 6.07) is 3.97. The summed E-state index contributed by atoms with van der Waals surface area (Å²) in [7, 11) is 0. The van der Waals surface area contributed by atoms with Gasteiger partial charge in [-0.1, -0.05) is 25.4 Å². The van der Waals surface area contributed by atoms with E-state index >= 15 is 0 Å². The highest BCUT2D eigenvalue weighted by Crippen LogP contribution is 2.32. The normalized spacial score (nSPS) is 13.6. The molecule has 0 aliphatic heterocycles. The summed E-state index contributed by atoms with van der Waals surface area (Å²) < 4.78 is 39.8. The van der Waals surface area contributed by atoms with Crippen molar-refractivity contribution < 1.29 is 17.9 Å². The fourth-order valence-electron chi connectivity index (χ4n) is 1.32. The van der Waals surface area contributed by atoms with E-state index in [4.69, 9.17) is 11.6 Å². The summed E-state index contributed by atoms with van der Waals surface area (Å²) in [6.45, 7) is 3.84. The molecular formula is C11H12ClF3O. The Morgan fingerprint density at radius 2 is 2.00 bits per heavy atom. The molecule has 1 aromatic carbocycles. The Hall–Kier alpha value is -0.900. The number of halogens is 4. The van der Waals surface area contributed by atoms with Gasteiger partial charge in [0.05, 0.1) is 0 Å². The Bertz CT molecular complexity index is 363. The molecule has 1 aromatic rings. The molecule has 1 nitrogen and oxygen atoms in total. The maximum absolute atomic E-state index is 12.0. The third-order valence-corrected chi connectivity index (χ3v) is 2.69. The van der Waals surface area contributed by atoms with Crippen LogP contribution >= 0.6 is 11.6 Å². The van der Waals surface area contributed by atoms with Crippen LogP contribution in [0.1, 0.15) is 31.7 Å². The van der Waals surface area contributed by atoms with Gasteiger partial charge in [0.15, 0.2) is 0 Å². The standard InChI is InChI=1S/C11H12ClF3O/c1-3-7(2)9-6-8(4-5-10(9)12)16-11(13,14)15/h4-7H,3H2,1-2H3. The van der Waals surface area contributed by atoms with E-state index < -0.39 is 6.36 Å². The van der Waals surface area contributed by atoms with E-state index in [1.165, 1.54) is 18.2 Å². The lowest BCUT2D eigenvalue weighted by atomic mass is 9.98. The van der Waals surface area contributed by atoms with E-state index in [0.29, 0.717) is 10.6 Å². The molecule has 1 unspecified atom stereocenters. The summed E-state index contributed by atoms with van der Waals surface area (Å²) >= 11 is 5.90. The molecule has 0 aromatic heterocycles. The van der Waals surface area contributed by atoms with Crippen molar-refractivity contribution in [2.75, 3.05) is 0 Å². The van der Waals surface area contributed by atoms with E-state index in [1.54, 1.807) is 0 Å². The fourth-order valence-corrected chi connectivity index (χ4v) is 1.62. The predicted octanol–water partition coefficient (Wildman–Crippen LogP) is 4.75. The molecule has 0 saturated carbocycles. The second-order valence-corrected chi connectivity index (χ2v) is 3.95. The minimum Gasteiger partial charge on any atom is -0.406 e. The Balaban J connectivity index is 2.98. The zero-order chi connectivity index (χ0) is 12.3. The van der Waals surface area contributed by atoms with Gasteiger partial charge >= 0.3 is 6.36 Å². The first-order chi connectivity index (χ1) is 7.33. The van der Waals surface area contributed by atoms with Gasteiger partial charge in [-0.25, -0.2) is 0 Å². The fraction of sp³-hybridized carbons (Fsp3) is 0.455. The van der Waals surface area contributed by atoms with Crippen molar-refractivity contribution in [1.29, 1.82) is 0 Å². The van der Waals surface area contributed by atoms with Crippen LogP contribution in [0, 0.1) is 0 Å². The number of ether oxygens (including phenoxy) is 1. The van der Waals surface area contributed by atoms with Crippen LogP contribution in [0.2, 0.25) is 5.02 Å². The first-order valence-corrected chi connectivity index (χ1v) is 5.26. The molecule has 16 heavy (non-hydrogen) atoms. The highest BCUT2D eigenvalue weighted by molar-refractivity contribution is 6.31. The van der Waals surface area contributed by atoms with E-state index in [-0.39, 0.29) is 11.7 Å². The van der Waals surface area contributed by atoms with Gasteiger partial charge in [-0.3, -0.25) is 0 Å². The third kappa shape index (κ3) is 3.59. The summed E-state index contributed by atoms with van der Waals surface area (Å²) in [4.78, 5) is 0. The number of rotatable bonds is 3. The molecule has 0 aliphatic rings. The molecular weight excluding hydrogens is 241 g/mol. The van der Waals surface area contributed by atoms with Crippen LogP contribution in [0.4, 0.5) is 13.2 Å². The smallest absolute Gasteiger partial charge is 0.406 e. The van der Waals surface area contributed by atoms with E-state index in [0.717, 1.165) is 6.42 Å². The lowest BCUT2D eigenvalue weighted by molar-refractivity contribution is -0.274. The molecule has 1 rings (SSSR count). The van der Waals surface area contributed by atoms with Crippen molar-refractivity contribution in [3.05, 3.63) is 28.8 Å². The first-order valence-electron chi connectivity index (χ1n) is 4.88. The maximum Gasteiger partial charge on any atom is 0.573 e. The van der Waals surface area contributed by atoms with Crippen molar-refractivity contribution >= 4 is 11.6 Å². The average Bonchev–Trinajstić information content (AvgIpc) is 2.18. The molecule has 0 aliphatic carbocycles. The molecule has 0 radical (unpaired) electrons. The zero-order valence-electron chi connectivity index (χ0n) is 8.94. The van der Waals surface area contributed by atoms with Crippen molar-refractivity contribution in [1.82, 2.24) is 0 Å². The van der Waals surface area contributed by atoms with Gasteiger partial charge in [-0.2, -0.15) is 0 Å². The van der Waals surface area contributed by atoms with Gasteiger partial charge in [-0.05, 0) is 36.1 Å². The molecule has 0 amide bonds. The number of hydrogen-bond acceptors (Lipinski definition) is 1. The lowest BCUT2D eigenvalue weighted by Gasteiger charge is -2.14. The first kappa shape index (κ1) is 13.2. The summed E-state index contributed by atoms with van der Waals surface area (Å²) in [5.41, 5.74) is 0.672. The van der Waals surface area contributed by atoms with Gasteiger partial charge in [0.1, 0.15) is 5.75 Å². The summed E-state index contributed by atoms with van der Waals surface area (Å²) in [6.07, 6.45) is -3.87. The van der Waals surface area contributed by atoms with Crippen LogP contribution in [-0.2, 0) is 0 Å². The molecule has 0 spiro atoms. The summed E-state index contributed by atoms with van der Waals surface area (Å²) in [5.74, 6) is -0.128. The van der Waals surface area contributed by atoms with Crippen LogP contribution in [0.15, 0.2) is 18.2 Å². The van der Waals surface area contributed by atoms with Crippen LogP contribution in [-0.4, -0.2) is 6.36 Å². The van der Waals surface area contributed by atoms with Crippen molar-refractivity contribution in [2.24, 2.45) is 0 Å². The monoisotopic (exact) mass is 252 g/mol. The minimum absolute atomic E-state index is 0.101. The van der Waals surface area contributed by atoms with Crippen LogP contribution < -0.4 is 4.74 Å².